The van der Waals surface area contributed by atoms with Gasteiger partial charge < -0.3 is 0 Å². The Balaban J connectivity index is 3.59. The van der Waals surface area contributed by atoms with Crippen molar-refractivity contribution in [1.29, 1.82) is 0 Å². The third-order valence-electron chi connectivity index (χ3n) is 1.64. The van der Waals surface area contributed by atoms with Crippen molar-refractivity contribution >= 4 is 11.4 Å². The Kier molecular flexibility index (Phi) is 6.61. The lowest BCUT2D eigenvalue weighted by Gasteiger charge is -2.11. The normalized spacial score (nSPS) is 18.7. The van der Waals surface area contributed by atoms with Crippen molar-refractivity contribution in [3.63, 3.8) is 0 Å². The summed E-state index contributed by atoms with van der Waals surface area (Å²) in [7, 11) is 0. The largest absolute Gasteiger partial charge is 0.305 e. The average Bonchev–Trinajstić information content (AvgIpc) is 2.03. The highest BCUT2D eigenvalue weighted by Gasteiger charge is 2.09. The summed E-state index contributed by atoms with van der Waals surface area (Å²) < 4.78 is 21.1. The van der Waals surface area contributed by atoms with Crippen LogP contribution in [0.5, 0.6) is 0 Å². The molecule has 0 amide bonds. The highest BCUT2D eigenvalue weighted by Crippen LogP contribution is 2.05. The van der Waals surface area contributed by atoms with Crippen LogP contribution in [0, 0.1) is 0 Å². The quantitative estimate of drug-likeness (QED) is 0.650. The highest BCUT2D eigenvalue weighted by molar-refractivity contribution is 7.75. The van der Waals surface area contributed by atoms with Gasteiger partial charge in [-0.3, -0.25) is 8.37 Å². The SMILES string of the molecule is CCC(C)OS(=O)OC(C)CC. The molecule has 0 aromatic carbocycles. The topological polar surface area (TPSA) is 35.5 Å². The second-order valence-corrected chi connectivity index (χ2v) is 3.63. The Labute approximate surface area is 77.3 Å². The molecule has 0 spiro atoms. The first-order valence-electron chi connectivity index (χ1n) is 4.36. The molecule has 0 aromatic heterocycles. The number of hydrogen-bond donors (Lipinski definition) is 0. The molecule has 4 heteroatoms. The molecule has 0 fully saturated rings. The molecule has 0 aliphatic rings. The summed E-state index contributed by atoms with van der Waals surface area (Å²) in [5.74, 6) is 0. The summed E-state index contributed by atoms with van der Waals surface area (Å²) in [6, 6.07) is 0. The van der Waals surface area contributed by atoms with Gasteiger partial charge in [0, 0.05) is 0 Å². The molecule has 0 heterocycles. The van der Waals surface area contributed by atoms with E-state index in [4.69, 9.17) is 8.37 Å². The molecule has 74 valence electrons. The molecule has 12 heavy (non-hydrogen) atoms. The smallest absolute Gasteiger partial charge is 0.265 e. The number of hydrogen-bond acceptors (Lipinski definition) is 3. The maximum Gasteiger partial charge on any atom is 0.305 e. The van der Waals surface area contributed by atoms with Crippen molar-refractivity contribution in [2.75, 3.05) is 0 Å². The third kappa shape index (κ3) is 5.69. The van der Waals surface area contributed by atoms with Crippen LogP contribution in [0.2, 0.25) is 0 Å². The van der Waals surface area contributed by atoms with Crippen molar-refractivity contribution in [3.8, 4) is 0 Å². The summed E-state index contributed by atoms with van der Waals surface area (Å²) in [5, 5.41) is 0. The standard InChI is InChI=1S/C8H18O3S/c1-5-7(3)10-12(9)11-8(4)6-2/h7-8H,5-6H2,1-4H3. The molecule has 0 rings (SSSR count). The fraction of sp³-hybridized carbons (Fsp3) is 1.00. The monoisotopic (exact) mass is 194 g/mol. The highest BCUT2D eigenvalue weighted by atomic mass is 32.2. The molecule has 0 aliphatic carbocycles. The van der Waals surface area contributed by atoms with Crippen molar-refractivity contribution in [2.45, 2.75) is 52.7 Å². The van der Waals surface area contributed by atoms with E-state index in [9.17, 15) is 4.21 Å². The van der Waals surface area contributed by atoms with E-state index in [0.717, 1.165) is 12.8 Å². The van der Waals surface area contributed by atoms with Gasteiger partial charge in [-0.25, -0.2) is 0 Å². The molecule has 0 aromatic rings. The van der Waals surface area contributed by atoms with Crippen molar-refractivity contribution in [1.82, 2.24) is 0 Å². The van der Waals surface area contributed by atoms with Crippen LogP contribution in [0.15, 0.2) is 0 Å². The lowest BCUT2D eigenvalue weighted by Crippen LogP contribution is -2.15. The minimum absolute atomic E-state index is 0.00473. The van der Waals surface area contributed by atoms with Gasteiger partial charge in [0.05, 0.1) is 12.2 Å². The van der Waals surface area contributed by atoms with Crippen LogP contribution in [0.25, 0.3) is 0 Å². The average molecular weight is 194 g/mol. The molecule has 2 atom stereocenters. The molecular weight excluding hydrogens is 176 g/mol. The molecule has 0 radical (unpaired) electrons. The van der Waals surface area contributed by atoms with Crippen LogP contribution >= 0.6 is 0 Å². The van der Waals surface area contributed by atoms with Gasteiger partial charge in [-0.05, 0) is 26.7 Å². The zero-order valence-corrected chi connectivity index (χ0v) is 9.02. The van der Waals surface area contributed by atoms with Crippen LogP contribution in [-0.2, 0) is 19.7 Å². The maximum absolute atomic E-state index is 11.0. The molecule has 0 N–H and O–H groups in total. The van der Waals surface area contributed by atoms with Crippen LogP contribution in [0.1, 0.15) is 40.5 Å². The fourth-order valence-corrected chi connectivity index (χ4v) is 1.28. The van der Waals surface area contributed by atoms with Crippen LogP contribution < -0.4 is 0 Å². The fourth-order valence-electron chi connectivity index (χ4n) is 0.427. The van der Waals surface area contributed by atoms with Gasteiger partial charge in [0.25, 0.3) is 0 Å². The molecule has 0 aliphatic heterocycles. The van der Waals surface area contributed by atoms with Gasteiger partial charge in [0.2, 0.25) is 0 Å². The minimum Gasteiger partial charge on any atom is -0.265 e. The Morgan fingerprint density at radius 1 is 1.08 bits per heavy atom. The predicted octanol–water partition coefficient (Wildman–Crippen LogP) is 2.20. The van der Waals surface area contributed by atoms with E-state index in [2.05, 4.69) is 0 Å². The van der Waals surface area contributed by atoms with Gasteiger partial charge in [-0.2, -0.15) is 4.21 Å². The Morgan fingerprint density at radius 2 is 1.42 bits per heavy atom. The van der Waals surface area contributed by atoms with Gasteiger partial charge in [-0.15, -0.1) is 0 Å². The molecular formula is C8H18O3S. The second kappa shape index (κ2) is 6.57. The second-order valence-electron chi connectivity index (χ2n) is 2.83. The van der Waals surface area contributed by atoms with Crippen LogP contribution in [-0.4, -0.2) is 16.4 Å². The van der Waals surface area contributed by atoms with Crippen molar-refractivity contribution in [2.24, 2.45) is 0 Å². The molecule has 2 unspecified atom stereocenters. The van der Waals surface area contributed by atoms with Crippen LogP contribution in [0.4, 0.5) is 0 Å². The van der Waals surface area contributed by atoms with Gasteiger partial charge in [0.1, 0.15) is 0 Å². The van der Waals surface area contributed by atoms with E-state index in [1.807, 2.05) is 27.7 Å². The lowest BCUT2D eigenvalue weighted by atomic mass is 10.3. The van der Waals surface area contributed by atoms with Crippen LogP contribution in [0.3, 0.4) is 0 Å². The Bertz CT molecular complexity index is 124. The van der Waals surface area contributed by atoms with E-state index in [1.54, 1.807) is 0 Å². The minimum atomic E-state index is -1.58. The van der Waals surface area contributed by atoms with E-state index < -0.39 is 11.4 Å². The summed E-state index contributed by atoms with van der Waals surface area (Å²) in [6.07, 6.45) is 1.68. The van der Waals surface area contributed by atoms with Crippen molar-refractivity contribution in [3.05, 3.63) is 0 Å². The first-order chi connectivity index (χ1) is 5.60. The molecule has 0 saturated carbocycles. The van der Waals surface area contributed by atoms with Gasteiger partial charge in [-0.1, -0.05) is 13.8 Å². The molecule has 0 saturated heterocycles. The Morgan fingerprint density at radius 3 is 1.67 bits per heavy atom. The first kappa shape index (κ1) is 12.1. The lowest BCUT2D eigenvalue weighted by molar-refractivity contribution is 0.159. The number of rotatable bonds is 6. The van der Waals surface area contributed by atoms with Gasteiger partial charge in [0.15, 0.2) is 0 Å². The summed E-state index contributed by atoms with van der Waals surface area (Å²) in [6.45, 7) is 7.70. The maximum atomic E-state index is 11.0. The Hall–Kier alpha value is 0.0700. The third-order valence-corrected chi connectivity index (χ3v) is 2.61. The predicted molar refractivity (Wildman–Crippen MR) is 49.8 cm³/mol. The van der Waals surface area contributed by atoms with E-state index in [0.29, 0.717) is 0 Å². The summed E-state index contributed by atoms with van der Waals surface area (Å²) in [4.78, 5) is 0. The van der Waals surface area contributed by atoms with E-state index >= 15 is 0 Å². The van der Waals surface area contributed by atoms with Crippen molar-refractivity contribution < 1.29 is 12.6 Å². The molecule has 0 bridgehead atoms. The summed E-state index contributed by atoms with van der Waals surface area (Å²) in [5.41, 5.74) is 0. The zero-order valence-electron chi connectivity index (χ0n) is 8.20. The van der Waals surface area contributed by atoms with E-state index in [-0.39, 0.29) is 12.2 Å². The van der Waals surface area contributed by atoms with E-state index in [1.165, 1.54) is 0 Å². The summed E-state index contributed by atoms with van der Waals surface area (Å²) >= 11 is -1.58. The van der Waals surface area contributed by atoms with Gasteiger partial charge >= 0.3 is 11.4 Å². The molecule has 3 nitrogen and oxygen atoms in total. The zero-order chi connectivity index (χ0) is 9.56. The first-order valence-corrected chi connectivity index (χ1v) is 5.36.